The quantitative estimate of drug-likeness (QED) is 0.137. The van der Waals surface area contributed by atoms with Crippen LogP contribution in [0.15, 0.2) is 42.5 Å². The molecule has 0 unspecified atom stereocenters. The molecule has 0 aromatic heterocycles. The first-order valence-corrected chi connectivity index (χ1v) is 14.2. The van der Waals surface area contributed by atoms with Gasteiger partial charge >= 0.3 is 5.97 Å². The number of unbranched alkanes of at least 4 members (excludes halogenated alkanes) is 8. The third kappa shape index (κ3) is 10.2. The van der Waals surface area contributed by atoms with Gasteiger partial charge in [0.25, 0.3) is 0 Å². The van der Waals surface area contributed by atoms with Crippen LogP contribution >= 0.6 is 0 Å². The van der Waals surface area contributed by atoms with Crippen LogP contribution in [0.4, 0.5) is 4.39 Å². The van der Waals surface area contributed by atoms with Gasteiger partial charge in [-0.1, -0.05) is 84.0 Å². The number of nitriles is 1. The van der Waals surface area contributed by atoms with Crippen LogP contribution in [0, 0.1) is 29.0 Å². The summed E-state index contributed by atoms with van der Waals surface area (Å²) in [6, 6.07) is 12.3. The van der Waals surface area contributed by atoms with Crippen molar-refractivity contribution in [1.82, 2.24) is 0 Å². The minimum atomic E-state index is -0.714. The van der Waals surface area contributed by atoms with Crippen molar-refractivity contribution in [2.75, 3.05) is 6.61 Å². The van der Waals surface area contributed by atoms with Crippen molar-refractivity contribution >= 4 is 5.97 Å². The number of hydrogen-bond acceptors (Lipinski definition) is 4. The van der Waals surface area contributed by atoms with E-state index in [1.807, 2.05) is 0 Å². The second kappa shape index (κ2) is 16.1. The first-order chi connectivity index (χ1) is 18.1. The molecule has 0 heterocycles. The van der Waals surface area contributed by atoms with Gasteiger partial charge in [-0.05, 0) is 61.1 Å². The van der Waals surface area contributed by atoms with E-state index in [0.717, 1.165) is 17.7 Å². The van der Waals surface area contributed by atoms with Crippen molar-refractivity contribution in [2.45, 2.75) is 96.8 Å². The van der Waals surface area contributed by atoms with E-state index in [4.69, 9.17) is 14.7 Å². The molecule has 3 rings (SSSR count). The van der Waals surface area contributed by atoms with Gasteiger partial charge in [0.15, 0.2) is 0 Å². The van der Waals surface area contributed by atoms with E-state index in [1.165, 1.54) is 102 Å². The van der Waals surface area contributed by atoms with Gasteiger partial charge in [-0.15, -0.1) is 0 Å². The summed E-state index contributed by atoms with van der Waals surface area (Å²) >= 11 is 0. The second-order valence-electron chi connectivity index (χ2n) is 10.5. The molecule has 200 valence electrons. The summed E-state index contributed by atoms with van der Waals surface area (Å²) in [5.41, 5.74) is 0.266. The van der Waals surface area contributed by atoms with Gasteiger partial charge in [0.2, 0.25) is 0 Å². The number of hydrogen-bond donors (Lipinski definition) is 0. The highest BCUT2D eigenvalue weighted by Crippen LogP contribution is 2.32. The minimum Gasteiger partial charge on any atom is -0.493 e. The molecule has 1 saturated carbocycles. The number of rotatable bonds is 15. The van der Waals surface area contributed by atoms with E-state index < -0.39 is 11.8 Å². The zero-order valence-electron chi connectivity index (χ0n) is 22.4. The lowest BCUT2D eigenvalue weighted by molar-refractivity contribution is 0.0734. The lowest BCUT2D eigenvalue weighted by Gasteiger charge is -2.28. The third-order valence-corrected chi connectivity index (χ3v) is 7.53. The SMILES string of the molecule is CCCCCCCCCCCC1CCC(COc2ccc(C(=O)Oc3ccc(C#N)c(F)c3)cc2)CC1. The van der Waals surface area contributed by atoms with E-state index in [9.17, 15) is 9.18 Å². The van der Waals surface area contributed by atoms with E-state index in [1.54, 1.807) is 30.3 Å². The van der Waals surface area contributed by atoms with Gasteiger partial charge in [-0.25, -0.2) is 9.18 Å². The molecule has 0 radical (unpaired) electrons. The summed E-state index contributed by atoms with van der Waals surface area (Å²) in [4.78, 5) is 12.4. The molecule has 0 atom stereocenters. The molecule has 37 heavy (non-hydrogen) atoms. The average molecular weight is 508 g/mol. The molecule has 1 fully saturated rings. The lowest BCUT2D eigenvalue weighted by Crippen LogP contribution is -2.20. The normalized spacial score (nSPS) is 17.2. The maximum Gasteiger partial charge on any atom is 0.343 e. The van der Waals surface area contributed by atoms with Crippen LogP contribution in [-0.2, 0) is 0 Å². The smallest absolute Gasteiger partial charge is 0.343 e. The number of halogens is 1. The lowest BCUT2D eigenvalue weighted by atomic mass is 9.80. The van der Waals surface area contributed by atoms with Crippen molar-refractivity contribution in [3.05, 3.63) is 59.4 Å². The van der Waals surface area contributed by atoms with Crippen molar-refractivity contribution in [1.29, 1.82) is 5.26 Å². The summed E-state index contributed by atoms with van der Waals surface area (Å²) in [5, 5.41) is 8.80. The van der Waals surface area contributed by atoms with Crippen LogP contribution in [-0.4, -0.2) is 12.6 Å². The molecule has 0 bridgehead atoms. The van der Waals surface area contributed by atoms with Gasteiger partial charge in [0.1, 0.15) is 23.4 Å². The van der Waals surface area contributed by atoms with Crippen LogP contribution in [0.5, 0.6) is 11.5 Å². The van der Waals surface area contributed by atoms with E-state index in [-0.39, 0.29) is 11.3 Å². The molecule has 4 nitrogen and oxygen atoms in total. The van der Waals surface area contributed by atoms with Crippen molar-refractivity contribution in [3.8, 4) is 17.6 Å². The van der Waals surface area contributed by atoms with Crippen molar-refractivity contribution in [2.24, 2.45) is 11.8 Å². The molecule has 1 aliphatic rings. The Morgan fingerprint density at radius 3 is 2.08 bits per heavy atom. The first-order valence-electron chi connectivity index (χ1n) is 14.2. The molecular formula is C32H42FNO3. The number of ether oxygens (including phenoxy) is 2. The molecule has 0 aliphatic heterocycles. The Hall–Kier alpha value is -2.87. The number of carbonyl (C=O) groups is 1. The Balaban J connectivity index is 1.28. The Morgan fingerprint density at radius 1 is 0.865 bits per heavy atom. The van der Waals surface area contributed by atoms with Gasteiger partial charge in [0, 0.05) is 6.07 Å². The summed E-state index contributed by atoms with van der Waals surface area (Å²) < 4.78 is 24.9. The molecule has 2 aromatic rings. The van der Waals surface area contributed by atoms with Crippen LogP contribution in [0.25, 0.3) is 0 Å². The van der Waals surface area contributed by atoms with Crippen LogP contribution < -0.4 is 9.47 Å². The number of carbonyl (C=O) groups excluding carboxylic acids is 1. The number of benzene rings is 2. The van der Waals surface area contributed by atoms with E-state index in [2.05, 4.69) is 6.92 Å². The zero-order chi connectivity index (χ0) is 26.3. The second-order valence-corrected chi connectivity index (χ2v) is 10.5. The molecule has 5 heteroatoms. The van der Waals surface area contributed by atoms with Gasteiger partial charge < -0.3 is 9.47 Å². The summed E-state index contributed by atoms with van der Waals surface area (Å²) in [6.07, 6.45) is 19.0. The van der Waals surface area contributed by atoms with Gasteiger partial charge in [-0.2, -0.15) is 5.26 Å². The fourth-order valence-corrected chi connectivity index (χ4v) is 5.15. The molecule has 0 spiro atoms. The highest BCUT2D eigenvalue weighted by molar-refractivity contribution is 5.91. The number of esters is 1. The molecule has 2 aromatic carbocycles. The fraction of sp³-hybridized carbons (Fsp3) is 0.562. The summed E-state index contributed by atoms with van der Waals surface area (Å²) in [5.74, 6) is 0.981. The zero-order valence-corrected chi connectivity index (χ0v) is 22.4. The average Bonchev–Trinajstić information content (AvgIpc) is 2.92. The summed E-state index contributed by atoms with van der Waals surface area (Å²) in [6.45, 7) is 2.98. The Labute approximate surface area is 222 Å². The Kier molecular flexibility index (Phi) is 12.5. The molecule has 1 aliphatic carbocycles. The van der Waals surface area contributed by atoms with Gasteiger partial charge in [0.05, 0.1) is 17.7 Å². The topological polar surface area (TPSA) is 59.3 Å². The molecule has 0 saturated heterocycles. The molecule has 0 amide bonds. The maximum atomic E-state index is 13.7. The standard InChI is InChI=1S/C32H42FNO3/c1-2-3-4-5-6-7-8-9-10-11-25-12-14-26(15-13-25)24-36-29-19-16-27(17-20-29)32(35)37-30-21-18-28(23-34)31(33)22-30/h16-22,25-26H,2-15,24H2,1H3. The predicted molar refractivity (Wildman–Crippen MR) is 145 cm³/mol. The Morgan fingerprint density at radius 2 is 1.46 bits per heavy atom. The number of nitrogens with zero attached hydrogens (tertiary/aromatic N) is 1. The summed E-state index contributed by atoms with van der Waals surface area (Å²) in [7, 11) is 0. The maximum absolute atomic E-state index is 13.7. The minimum absolute atomic E-state index is 0.0650. The largest absolute Gasteiger partial charge is 0.493 e. The third-order valence-electron chi connectivity index (χ3n) is 7.53. The van der Waals surface area contributed by atoms with Crippen LogP contribution in [0.2, 0.25) is 0 Å². The Bertz CT molecular complexity index is 990. The van der Waals surface area contributed by atoms with Crippen molar-refractivity contribution in [3.63, 3.8) is 0 Å². The highest BCUT2D eigenvalue weighted by Gasteiger charge is 2.21. The van der Waals surface area contributed by atoms with E-state index in [0.29, 0.717) is 18.1 Å². The molecular weight excluding hydrogens is 465 g/mol. The first kappa shape index (κ1) is 28.7. The van der Waals surface area contributed by atoms with Gasteiger partial charge in [-0.3, -0.25) is 0 Å². The van der Waals surface area contributed by atoms with Crippen LogP contribution in [0.3, 0.4) is 0 Å². The van der Waals surface area contributed by atoms with E-state index >= 15 is 0 Å². The fourth-order valence-electron chi connectivity index (χ4n) is 5.15. The van der Waals surface area contributed by atoms with Crippen molar-refractivity contribution < 1.29 is 18.7 Å². The molecule has 0 N–H and O–H groups in total. The highest BCUT2D eigenvalue weighted by atomic mass is 19.1. The van der Waals surface area contributed by atoms with Crippen LogP contribution in [0.1, 0.15) is 113 Å². The predicted octanol–water partition coefficient (Wildman–Crippen LogP) is 9.02. The monoisotopic (exact) mass is 507 g/mol.